The zero-order valence-electron chi connectivity index (χ0n) is 10.6. The Bertz CT molecular complexity index is 577. The summed E-state index contributed by atoms with van der Waals surface area (Å²) in [6.45, 7) is 0.398. The number of anilines is 1. The first-order valence-corrected chi connectivity index (χ1v) is 6.63. The van der Waals surface area contributed by atoms with Crippen molar-refractivity contribution >= 4 is 27.7 Å². The molecule has 2 rings (SSSR count). The fraction of sp³-hybridized carbons (Fsp3) is 0.231. The molecule has 0 unspecified atom stereocenters. The van der Waals surface area contributed by atoms with Gasteiger partial charge in [-0.25, -0.2) is 0 Å². The summed E-state index contributed by atoms with van der Waals surface area (Å²) in [5.74, 6) is 0.537. The van der Waals surface area contributed by atoms with E-state index in [1.807, 2.05) is 24.3 Å². The molecule has 0 atom stereocenters. The number of nitrogen functional groups attached to an aromatic ring is 1. The van der Waals surface area contributed by atoms with Crippen LogP contribution in [-0.2, 0) is 24.8 Å². The predicted octanol–water partition coefficient (Wildman–Crippen LogP) is 1.62. The van der Waals surface area contributed by atoms with E-state index in [1.54, 1.807) is 17.9 Å². The van der Waals surface area contributed by atoms with Crippen molar-refractivity contribution in [2.24, 2.45) is 7.05 Å². The van der Waals surface area contributed by atoms with Gasteiger partial charge in [-0.15, -0.1) is 0 Å². The molecule has 5 nitrogen and oxygen atoms in total. The number of nitrogens with one attached hydrogen (secondary N) is 1. The van der Waals surface area contributed by atoms with Crippen LogP contribution in [0.2, 0.25) is 0 Å². The lowest BCUT2D eigenvalue weighted by Gasteiger charge is -2.05. The quantitative estimate of drug-likeness (QED) is 0.898. The molecule has 1 aromatic carbocycles. The van der Waals surface area contributed by atoms with Crippen molar-refractivity contribution in [3.63, 3.8) is 0 Å². The second-order valence-electron chi connectivity index (χ2n) is 4.26. The van der Waals surface area contributed by atoms with Crippen LogP contribution in [0.5, 0.6) is 0 Å². The van der Waals surface area contributed by atoms with Gasteiger partial charge in [0.2, 0.25) is 5.91 Å². The van der Waals surface area contributed by atoms with Crippen molar-refractivity contribution in [1.29, 1.82) is 0 Å². The third kappa shape index (κ3) is 3.57. The molecule has 1 aromatic heterocycles. The number of nitrogens with zero attached hydrogens (tertiary/aromatic N) is 2. The van der Waals surface area contributed by atoms with Crippen LogP contribution >= 0.6 is 15.9 Å². The van der Waals surface area contributed by atoms with Crippen molar-refractivity contribution in [1.82, 2.24) is 15.1 Å². The molecule has 1 heterocycles. The number of rotatable bonds is 4. The van der Waals surface area contributed by atoms with Crippen LogP contribution < -0.4 is 11.1 Å². The van der Waals surface area contributed by atoms with Crippen LogP contribution in [0.25, 0.3) is 0 Å². The summed E-state index contributed by atoms with van der Waals surface area (Å²) in [4.78, 5) is 11.8. The van der Waals surface area contributed by atoms with Crippen molar-refractivity contribution in [3.05, 3.63) is 46.1 Å². The van der Waals surface area contributed by atoms with Crippen LogP contribution in [0.1, 0.15) is 11.1 Å². The maximum absolute atomic E-state index is 11.8. The Morgan fingerprint density at radius 2 is 2.11 bits per heavy atom. The Hall–Kier alpha value is -1.82. The molecule has 0 aliphatic carbocycles. The number of benzene rings is 1. The highest BCUT2D eigenvalue weighted by atomic mass is 79.9. The van der Waals surface area contributed by atoms with Gasteiger partial charge in [-0.3, -0.25) is 9.48 Å². The van der Waals surface area contributed by atoms with E-state index in [0.29, 0.717) is 18.8 Å². The van der Waals surface area contributed by atoms with Crippen LogP contribution in [0.4, 0.5) is 5.82 Å². The summed E-state index contributed by atoms with van der Waals surface area (Å²) >= 11 is 3.36. The minimum atomic E-state index is -0.0365. The highest BCUT2D eigenvalue weighted by molar-refractivity contribution is 9.10. The second-order valence-corrected chi connectivity index (χ2v) is 5.17. The van der Waals surface area contributed by atoms with E-state index < -0.39 is 0 Å². The molecule has 0 bridgehead atoms. The molecule has 2 aromatic rings. The lowest BCUT2D eigenvalue weighted by molar-refractivity contribution is -0.120. The molecule has 0 radical (unpaired) electrons. The monoisotopic (exact) mass is 322 g/mol. The minimum absolute atomic E-state index is 0.0365. The number of halogens is 1. The number of carbonyl (C=O) groups excluding carboxylic acids is 1. The average molecular weight is 323 g/mol. The summed E-state index contributed by atoms with van der Waals surface area (Å²) in [6, 6.07) is 7.67. The Kier molecular flexibility index (Phi) is 4.21. The highest BCUT2D eigenvalue weighted by Gasteiger charge is 2.07. The fourth-order valence-corrected chi connectivity index (χ4v) is 1.94. The Morgan fingerprint density at radius 3 is 2.68 bits per heavy atom. The molecule has 0 spiro atoms. The summed E-state index contributed by atoms with van der Waals surface area (Å²) in [5, 5.41) is 6.86. The van der Waals surface area contributed by atoms with Gasteiger partial charge in [0.15, 0.2) is 0 Å². The van der Waals surface area contributed by atoms with Gasteiger partial charge in [0.25, 0.3) is 0 Å². The van der Waals surface area contributed by atoms with Crippen molar-refractivity contribution in [2.75, 3.05) is 5.73 Å². The van der Waals surface area contributed by atoms with Gasteiger partial charge in [-0.1, -0.05) is 28.1 Å². The Balaban J connectivity index is 1.88. The van der Waals surface area contributed by atoms with Gasteiger partial charge in [-0.2, -0.15) is 5.10 Å². The molecule has 0 aliphatic rings. The van der Waals surface area contributed by atoms with Crippen molar-refractivity contribution < 1.29 is 4.79 Å². The maximum atomic E-state index is 11.8. The highest BCUT2D eigenvalue weighted by Crippen LogP contribution is 2.11. The summed E-state index contributed by atoms with van der Waals surface area (Å²) in [6.07, 6.45) is 2.02. The topological polar surface area (TPSA) is 72.9 Å². The summed E-state index contributed by atoms with van der Waals surface area (Å²) in [5.41, 5.74) is 7.60. The van der Waals surface area contributed by atoms with Crippen LogP contribution in [0, 0.1) is 0 Å². The van der Waals surface area contributed by atoms with E-state index in [9.17, 15) is 4.79 Å². The van der Waals surface area contributed by atoms with Crippen LogP contribution in [0.3, 0.4) is 0 Å². The second kappa shape index (κ2) is 5.88. The molecule has 100 valence electrons. The smallest absolute Gasteiger partial charge is 0.224 e. The molecule has 19 heavy (non-hydrogen) atoms. The largest absolute Gasteiger partial charge is 0.384 e. The number of aryl methyl sites for hydroxylation is 1. The zero-order chi connectivity index (χ0) is 13.8. The third-order valence-corrected chi connectivity index (χ3v) is 3.35. The lowest BCUT2D eigenvalue weighted by atomic mass is 10.1. The molecule has 0 saturated carbocycles. The fourth-order valence-electron chi connectivity index (χ4n) is 1.67. The molecule has 6 heteroatoms. The Morgan fingerprint density at radius 1 is 1.42 bits per heavy atom. The maximum Gasteiger partial charge on any atom is 0.224 e. The first-order chi connectivity index (χ1) is 9.06. The molecule has 3 N–H and O–H groups in total. The van der Waals surface area contributed by atoms with Crippen LogP contribution in [0.15, 0.2) is 34.9 Å². The van der Waals surface area contributed by atoms with Gasteiger partial charge in [0.05, 0.1) is 12.6 Å². The van der Waals surface area contributed by atoms with Gasteiger partial charge in [0.1, 0.15) is 5.82 Å². The number of aromatic nitrogens is 2. The molecule has 0 aliphatic heterocycles. The summed E-state index contributed by atoms with van der Waals surface area (Å²) < 4.78 is 2.58. The Labute approximate surface area is 119 Å². The van der Waals surface area contributed by atoms with Gasteiger partial charge in [0, 0.05) is 23.6 Å². The molecular formula is C13H15BrN4O. The van der Waals surface area contributed by atoms with Crippen molar-refractivity contribution in [3.8, 4) is 0 Å². The average Bonchev–Trinajstić information content (AvgIpc) is 2.70. The number of amides is 1. The first kappa shape index (κ1) is 13.6. The van der Waals surface area contributed by atoms with Gasteiger partial charge in [-0.05, 0) is 17.7 Å². The van der Waals surface area contributed by atoms with Crippen molar-refractivity contribution in [2.45, 2.75) is 13.0 Å². The predicted molar refractivity (Wildman–Crippen MR) is 77.3 cm³/mol. The number of carbonyl (C=O) groups is 1. The van der Waals surface area contributed by atoms with E-state index in [2.05, 4.69) is 26.3 Å². The van der Waals surface area contributed by atoms with E-state index >= 15 is 0 Å². The minimum Gasteiger partial charge on any atom is -0.384 e. The summed E-state index contributed by atoms with van der Waals surface area (Å²) in [7, 11) is 1.77. The van der Waals surface area contributed by atoms with Gasteiger partial charge >= 0.3 is 0 Å². The molecular weight excluding hydrogens is 308 g/mol. The van der Waals surface area contributed by atoms with E-state index in [1.165, 1.54) is 0 Å². The van der Waals surface area contributed by atoms with E-state index in [4.69, 9.17) is 5.73 Å². The normalized spacial score (nSPS) is 10.4. The third-order valence-electron chi connectivity index (χ3n) is 2.82. The lowest BCUT2D eigenvalue weighted by Crippen LogP contribution is -2.24. The number of hydrogen-bond donors (Lipinski definition) is 2. The van der Waals surface area contributed by atoms with Crippen LogP contribution in [-0.4, -0.2) is 15.7 Å². The van der Waals surface area contributed by atoms with E-state index in [-0.39, 0.29) is 5.91 Å². The SMILES string of the molecule is Cn1ncc(CNC(=O)Cc2ccc(Br)cc2)c1N. The standard InChI is InChI=1S/C13H15BrN4O/c1-18-13(15)10(8-17-18)7-16-12(19)6-9-2-4-11(14)5-3-9/h2-5,8H,6-7,15H2,1H3,(H,16,19). The van der Waals surface area contributed by atoms with Gasteiger partial charge < -0.3 is 11.1 Å². The van der Waals surface area contributed by atoms with E-state index in [0.717, 1.165) is 15.6 Å². The zero-order valence-corrected chi connectivity index (χ0v) is 12.1. The molecule has 0 saturated heterocycles. The first-order valence-electron chi connectivity index (χ1n) is 5.84. The molecule has 0 fully saturated rings. The number of nitrogens with two attached hydrogens (primary N) is 1. The number of hydrogen-bond acceptors (Lipinski definition) is 3. The molecule has 1 amide bonds.